The number of primary sulfonamides is 1. The number of nitrogens with two attached hydrogens (primary N) is 2. The summed E-state index contributed by atoms with van der Waals surface area (Å²) in [6.45, 7) is 0. The predicted molar refractivity (Wildman–Crippen MR) is 79.6 cm³/mol. The van der Waals surface area contributed by atoms with Gasteiger partial charge in [0.1, 0.15) is 0 Å². The van der Waals surface area contributed by atoms with Gasteiger partial charge in [0.15, 0.2) is 9.84 Å². The van der Waals surface area contributed by atoms with Gasteiger partial charge >= 0.3 is 0 Å². The summed E-state index contributed by atoms with van der Waals surface area (Å²) in [5, 5.41) is 4.98. The van der Waals surface area contributed by atoms with Crippen molar-refractivity contribution in [3.63, 3.8) is 0 Å². The summed E-state index contributed by atoms with van der Waals surface area (Å²) in [5.41, 5.74) is 6.30. The molecule has 6 nitrogen and oxygen atoms in total. The smallest absolute Gasteiger partial charge is 0.238 e. The van der Waals surface area contributed by atoms with Crippen molar-refractivity contribution in [1.82, 2.24) is 0 Å². The summed E-state index contributed by atoms with van der Waals surface area (Å²) in [6.07, 6.45) is 0. The lowest BCUT2D eigenvalue weighted by molar-refractivity contribution is 0.595. The molecule has 0 aliphatic heterocycles. The van der Waals surface area contributed by atoms with Crippen molar-refractivity contribution < 1.29 is 16.8 Å². The second kappa shape index (κ2) is 5.47. The summed E-state index contributed by atoms with van der Waals surface area (Å²) >= 11 is 0. The van der Waals surface area contributed by atoms with E-state index in [0.717, 1.165) is 0 Å². The Bertz CT molecular complexity index is 857. The molecule has 112 valence electrons. The highest BCUT2D eigenvalue weighted by Gasteiger charge is 2.18. The van der Waals surface area contributed by atoms with Gasteiger partial charge in [0.2, 0.25) is 10.0 Å². The minimum absolute atomic E-state index is 0.0560. The SMILES string of the molecule is Nc1ccccc1S(=O)(=O)Cc1ccc(S(N)(=O)=O)cc1. The second-order valence-corrected chi connectivity index (χ2v) is 8.01. The summed E-state index contributed by atoms with van der Waals surface area (Å²) in [4.78, 5) is -0.0107. The number of sulfonamides is 1. The van der Waals surface area contributed by atoms with E-state index in [9.17, 15) is 16.8 Å². The molecule has 0 aliphatic carbocycles. The van der Waals surface area contributed by atoms with Gasteiger partial charge in [0.25, 0.3) is 0 Å². The van der Waals surface area contributed by atoms with Gasteiger partial charge in [-0.3, -0.25) is 0 Å². The minimum atomic E-state index is -3.79. The van der Waals surface area contributed by atoms with Gasteiger partial charge in [-0.05, 0) is 29.8 Å². The van der Waals surface area contributed by atoms with E-state index in [2.05, 4.69) is 0 Å². The number of hydrogen-bond donors (Lipinski definition) is 2. The molecular weight excluding hydrogens is 312 g/mol. The Morgan fingerprint density at radius 1 is 0.857 bits per heavy atom. The quantitative estimate of drug-likeness (QED) is 0.808. The lowest BCUT2D eigenvalue weighted by Gasteiger charge is -2.07. The third-order valence-electron chi connectivity index (χ3n) is 2.86. The van der Waals surface area contributed by atoms with E-state index in [0.29, 0.717) is 5.56 Å². The van der Waals surface area contributed by atoms with E-state index in [1.165, 1.54) is 36.4 Å². The van der Waals surface area contributed by atoms with Crippen molar-refractivity contribution >= 4 is 25.5 Å². The van der Waals surface area contributed by atoms with Crippen LogP contribution in [0.5, 0.6) is 0 Å². The zero-order chi connectivity index (χ0) is 15.7. The Labute approximate surface area is 123 Å². The molecule has 0 saturated carbocycles. The van der Waals surface area contributed by atoms with Crippen LogP contribution in [0.1, 0.15) is 5.56 Å². The molecule has 0 heterocycles. The molecule has 0 radical (unpaired) electrons. The van der Waals surface area contributed by atoms with E-state index in [4.69, 9.17) is 10.9 Å². The Kier molecular flexibility index (Phi) is 4.04. The molecule has 21 heavy (non-hydrogen) atoms. The van der Waals surface area contributed by atoms with Crippen LogP contribution in [0.15, 0.2) is 58.3 Å². The standard InChI is InChI=1S/C13H14N2O4S2/c14-12-3-1-2-4-13(12)20(16,17)9-10-5-7-11(8-6-10)21(15,18)19/h1-8H,9,14H2,(H2,15,18,19). The Morgan fingerprint density at radius 2 is 1.43 bits per heavy atom. The number of anilines is 1. The van der Waals surface area contributed by atoms with E-state index in [1.54, 1.807) is 12.1 Å². The van der Waals surface area contributed by atoms with E-state index < -0.39 is 19.9 Å². The highest BCUT2D eigenvalue weighted by Crippen LogP contribution is 2.22. The van der Waals surface area contributed by atoms with Crippen LogP contribution >= 0.6 is 0 Å². The molecule has 0 aliphatic rings. The number of benzene rings is 2. The van der Waals surface area contributed by atoms with E-state index in [-0.39, 0.29) is 21.2 Å². The lowest BCUT2D eigenvalue weighted by Crippen LogP contribution is -2.12. The highest BCUT2D eigenvalue weighted by molar-refractivity contribution is 7.90. The van der Waals surface area contributed by atoms with Crippen molar-refractivity contribution in [2.45, 2.75) is 15.5 Å². The number of sulfone groups is 1. The molecular formula is C13H14N2O4S2. The molecule has 0 amide bonds. The van der Waals surface area contributed by atoms with Crippen LogP contribution in [0.3, 0.4) is 0 Å². The van der Waals surface area contributed by atoms with E-state index >= 15 is 0 Å². The average Bonchev–Trinajstić information content (AvgIpc) is 2.38. The Morgan fingerprint density at radius 3 is 1.95 bits per heavy atom. The molecule has 0 saturated heterocycles. The monoisotopic (exact) mass is 326 g/mol. The molecule has 2 rings (SSSR count). The van der Waals surface area contributed by atoms with Crippen LogP contribution in [0.25, 0.3) is 0 Å². The first-order valence-electron chi connectivity index (χ1n) is 5.89. The lowest BCUT2D eigenvalue weighted by atomic mass is 10.2. The molecule has 2 aromatic rings. The first-order valence-corrected chi connectivity index (χ1v) is 9.09. The molecule has 0 fully saturated rings. The zero-order valence-corrected chi connectivity index (χ0v) is 12.6. The fourth-order valence-corrected chi connectivity index (χ4v) is 3.85. The largest absolute Gasteiger partial charge is 0.398 e. The minimum Gasteiger partial charge on any atom is -0.398 e. The summed E-state index contributed by atoms with van der Waals surface area (Å²) in [7, 11) is -7.39. The van der Waals surface area contributed by atoms with Crippen LogP contribution in [-0.2, 0) is 25.6 Å². The second-order valence-electron chi connectivity index (χ2n) is 4.49. The van der Waals surface area contributed by atoms with Crippen molar-refractivity contribution in [2.24, 2.45) is 5.14 Å². The van der Waals surface area contributed by atoms with E-state index in [1.807, 2.05) is 0 Å². The molecule has 8 heteroatoms. The van der Waals surface area contributed by atoms with Crippen LogP contribution < -0.4 is 10.9 Å². The number of rotatable bonds is 4. The van der Waals surface area contributed by atoms with Crippen molar-refractivity contribution in [3.8, 4) is 0 Å². The van der Waals surface area contributed by atoms with Gasteiger partial charge in [-0.2, -0.15) is 0 Å². The van der Waals surface area contributed by atoms with Crippen molar-refractivity contribution in [2.75, 3.05) is 5.73 Å². The van der Waals surface area contributed by atoms with Gasteiger partial charge in [-0.25, -0.2) is 22.0 Å². The van der Waals surface area contributed by atoms with Crippen LogP contribution in [0.2, 0.25) is 0 Å². The maximum Gasteiger partial charge on any atom is 0.238 e. The first-order chi connectivity index (χ1) is 9.70. The van der Waals surface area contributed by atoms with Crippen molar-refractivity contribution in [3.05, 3.63) is 54.1 Å². The van der Waals surface area contributed by atoms with Gasteiger partial charge in [-0.1, -0.05) is 24.3 Å². The van der Waals surface area contributed by atoms with Crippen LogP contribution in [-0.4, -0.2) is 16.8 Å². The molecule has 0 spiro atoms. The van der Waals surface area contributed by atoms with Gasteiger partial charge in [-0.15, -0.1) is 0 Å². The van der Waals surface area contributed by atoms with Crippen molar-refractivity contribution in [1.29, 1.82) is 0 Å². The summed E-state index contributed by atoms with van der Waals surface area (Å²) < 4.78 is 46.8. The number of hydrogen-bond acceptors (Lipinski definition) is 5. The molecule has 2 aromatic carbocycles. The van der Waals surface area contributed by atoms with Gasteiger partial charge in [0, 0.05) is 0 Å². The normalized spacial score (nSPS) is 12.2. The maximum atomic E-state index is 12.3. The fourth-order valence-electron chi connectivity index (χ4n) is 1.84. The Hall–Kier alpha value is -1.90. The summed E-state index contributed by atoms with van der Waals surface area (Å²) in [5.74, 6) is -0.272. The Balaban J connectivity index is 2.32. The van der Waals surface area contributed by atoms with Crippen LogP contribution in [0, 0.1) is 0 Å². The third kappa shape index (κ3) is 3.60. The molecule has 0 atom stereocenters. The predicted octanol–water partition coefficient (Wildman–Crippen LogP) is 0.890. The zero-order valence-electron chi connectivity index (χ0n) is 10.9. The van der Waals surface area contributed by atoms with Gasteiger partial charge < -0.3 is 5.73 Å². The topological polar surface area (TPSA) is 120 Å². The fraction of sp³-hybridized carbons (Fsp3) is 0.0769. The number of para-hydroxylation sites is 1. The maximum absolute atomic E-state index is 12.3. The number of nitrogen functional groups attached to an aromatic ring is 1. The highest BCUT2D eigenvalue weighted by atomic mass is 32.2. The summed E-state index contributed by atoms with van der Waals surface area (Å²) in [6, 6.07) is 11.6. The third-order valence-corrected chi connectivity index (χ3v) is 5.55. The molecule has 0 aromatic heterocycles. The molecule has 4 N–H and O–H groups in total. The van der Waals surface area contributed by atoms with Gasteiger partial charge in [0.05, 0.1) is 21.2 Å². The first kappa shape index (κ1) is 15.5. The molecule has 0 unspecified atom stereocenters. The molecule has 0 bridgehead atoms. The van der Waals surface area contributed by atoms with Crippen LogP contribution in [0.4, 0.5) is 5.69 Å². The average molecular weight is 326 g/mol.